The number of hydrogen-bond donors (Lipinski definition) is 1. The van der Waals surface area contributed by atoms with Gasteiger partial charge in [0.15, 0.2) is 0 Å². The number of hydrogen-bond acceptors (Lipinski definition) is 2. The van der Waals surface area contributed by atoms with Gasteiger partial charge in [0.2, 0.25) is 0 Å². The van der Waals surface area contributed by atoms with E-state index in [0.717, 1.165) is 12.5 Å². The van der Waals surface area contributed by atoms with Crippen molar-refractivity contribution in [2.45, 2.75) is 38.9 Å². The second kappa shape index (κ2) is 7.74. The second-order valence-corrected chi connectivity index (χ2v) is 5.03. The van der Waals surface area contributed by atoms with E-state index in [1.54, 1.807) is 0 Å². The molecule has 0 saturated carbocycles. The van der Waals surface area contributed by atoms with Gasteiger partial charge in [-0.05, 0) is 36.5 Å². The molecule has 2 N–H and O–H groups in total. The molecule has 6 heteroatoms. The molecule has 0 bridgehead atoms. The van der Waals surface area contributed by atoms with Gasteiger partial charge in [-0.15, -0.1) is 12.4 Å². The van der Waals surface area contributed by atoms with Crippen molar-refractivity contribution in [3.05, 3.63) is 29.3 Å². The molecule has 0 aliphatic heterocycles. The van der Waals surface area contributed by atoms with Gasteiger partial charge < -0.3 is 10.5 Å². The Labute approximate surface area is 123 Å². The summed E-state index contributed by atoms with van der Waals surface area (Å²) in [6, 6.07) is 3.32. The Hall–Kier alpha value is -0.940. The molecule has 0 amide bonds. The Bertz CT molecular complexity index is 421. The van der Waals surface area contributed by atoms with Crippen LogP contribution in [0, 0.1) is 5.92 Å². The van der Waals surface area contributed by atoms with Crippen LogP contribution in [0.25, 0.3) is 0 Å². The molecule has 0 aliphatic carbocycles. The maximum absolute atomic E-state index is 13.0. The van der Waals surface area contributed by atoms with Crippen molar-refractivity contribution >= 4 is 12.4 Å². The van der Waals surface area contributed by atoms with Crippen LogP contribution in [-0.2, 0) is 6.18 Å². The minimum Gasteiger partial charge on any atom is -0.497 e. The normalized spacial score (nSPS) is 13.0. The van der Waals surface area contributed by atoms with Crippen LogP contribution in [-0.4, -0.2) is 7.11 Å². The Morgan fingerprint density at radius 2 is 1.80 bits per heavy atom. The molecule has 0 radical (unpaired) electrons. The van der Waals surface area contributed by atoms with Crippen LogP contribution in [0.1, 0.15) is 43.9 Å². The Kier molecular flexibility index (Phi) is 7.38. The lowest BCUT2D eigenvalue weighted by Crippen LogP contribution is -2.18. The highest BCUT2D eigenvalue weighted by Gasteiger charge is 2.35. The molecule has 1 atom stereocenters. The lowest BCUT2D eigenvalue weighted by atomic mass is 9.94. The summed E-state index contributed by atoms with van der Waals surface area (Å²) in [4.78, 5) is 0. The molecule has 0 fully saturated rings. The molecule has 0 unspecified atom stereocenters. The Morgan fingerprint density at radius 1 is 1.20 bits per heavy atom. The van der Waals surface area contributed by atoms with E-state index < -0.39 is 17.8 Å². The highest BCUT2D eigenvalue weighted by Crippen LogP contribution is 2.37. The first-order chi connectivity index (χ1) is 8.75. The standard InChI is InChI=1S/C14H20F3NO.ClH/c1-9(2)4-7-13(18)11-6-5-10(19-3)8-12(11)14(15,16)17;/h5-6,8-9,13H,4,7,18H2,1-3H3;1H/t13-;/m0./s1. The minimum atomic E-state index is -4.42. The summed E-state index contributed by atoms with van der Waals surface area (Å²) < 4.78 is 43.9. The summed E-state index contributed by atoms with van der Waals surface area (Å²) >= 11 is 0. The molecule has 20 heavy (non-hydrogen) atoms. The number of rotatable bonds is 5. The lowest BCUT2D eigenvalue weighted by molar-refractivity contribution is -0.138. The van der Waals surface area contributed by atoms with Crippen molar-refractivity contribution in [1.82, 2.24) is 0 Å². The maximum atomic E-state index is 13.0. The van der Waals surface area contributed by atoms with Crippen LogP contribution in [0.15, 0.2) is 18.2 Å². The fraction of sp³-hybridized carbons (Fsp3) is 0.571. The average molecular weight is 312 g/mol. The number of halogens is 4. The molecule has 1 aromatic rings. The van der Waals surface area contributed by atoms with Crippen LogP contribution in [0.3, 0.4) is 0 Å². The zero-order valence-electron chi connectivity index (χ0n) is 11.8. The van der Waals surface area contributed by atoms with E-state index in [2.05, 4.69) is 0 Å². The predicted octanol–water partition coefficient (Wildman–Crippen LogP) is 4.57. The molecule has 1 rings (SSSR count). The Balaban J connectivity index is 0.00000361. The topological polar surface area (TPSA) is 35.2 Å². The molecule has 1 aromatic carbocycles. The molecule has 0 heterocycles. The maximum Gasteiger partial charge on any atom is 0.416 e. The molecule has 116 valence electrons. The molecular weight excluding hydrogens is 291 g/mol. The van der Waals surface area contributed by atoms with Crippen LogP contribution < -0.4 is 10.5 Å². The summed E-state index contributed by atoms with van der Waals surface area (Å²) in [5.41, 5.74) is 5.32. The number of benzene rings is 1. The third-order valence-electron chi connectivity index (χ3n) is 3.02. The van der Waals surface area contributed by atoms with E-state index in [-0.39, 0.29) is 23.7 Å². The van der Waals surface area contributed by atoms with Gasteiger partial charge in [0.05, 0.1) is 12.7 Å². The first-order valence-corrected chi connectivity index (χ1v) is 6.26. The SMILES string of the molecule is COc1ccc([C@@H](N)CCC(C)C)c(C(F)(F)F)c1.Cl. The van der Waals surface area contributed by atoms with Crippen LogP contribution in [0.4, 0.5) is 13.2 Å². The molecule has 0 saturated heterocycles. The van der Waals surface area contributed by atoms with Gasteiger partial charge in [-0.1, -0.05) is 19.9 Å². The quantitative estimate of drug-likeness (QED) is 0.864. The van der Waals surface area contributed by atoms with Crippen LogP contribution in [0.2, 0.25) is 0 Å². The molecule has 0 spiro atoms. The summed E-state index contributed by atoms with van der Waals surface area (Å²) in [5.74, 6) is 0.603. The summed E-state index contributed by atoms with van der Waals surface area (Å²) in [6.45, 7) is 4.04. The van der Waals surface area contributed by atoms with Gasteiger partial charge in [-0.3, -0.25) is 0 Å². The van der Waals surface area contributed by atoms with Crippen molar-refractivity contribution in [2.24, 2.45) is 11.7 Å². The van der Waals surface area contributed by atoms with E-state index >= 15 is 0 Å². The third kappa shape index (κ3) is 5.21. The largest absolute Gasteiger partial charge is 0.497 e. The average Bonchev–Trinajstić information content (AvgIpc) is 2.34. The monoisotopic (exact) mass is 311 g/mol. The lowest BCUT2D eigenvalue weighted by Gasteiger charge is -2.19. The first kappa shape index (κ1) is 19.1. The Morgan fingerprint density at radius 3 is 2.25 bits per heavy atom. The van der Waals surface area contributed by atoms with Gasteiger partial charge in [-0.2, -0.15) is 13.2 Å². The molecule has 0 aromatic heterocycles. The van der Waals surface area contributed by atoms with E-state index in [1.807, 2.05) is 13.8 Å². The van der Waals surface area contributed by atoms with Crippen molar-refractivity contribution in [2.75, 3.05) is 7.11 Å². The minimum absolute atomic E-state index is 0. The number of ether oxygens (including phenoxy) is 1. The predicted molar refractivity (Wildman–Crippen MR) is 76.2 cm³/mol. The zero-order valence-corrected chi connectivity index (χ0v) is 12.6. The third-order valence-corrected chi connectivity index (χ3v) is 3.02. The van der Waals surface area contributed by atoms with E-state index in [1.165, 1.54) is 19.2 Å². The zero-order chi connectivity index (χ0) is 14.6. The fourth-order valence-electron chi connectivity index (χ4n) is 1.90. The van der Waals surface area contributed by atoms with Gasteiger partial charge in [0.25, 0.3) is 0 Å². The van der Waals surface area contributed by atoms with Crippen LogP contribution >= 0.6 is 12.4 Å². The smallest absolute Gasteiger partial charge is 0.416 e. The number of nitrogens with two attached hydrogens (primary N) is 1. The number of alkyl halides is 3. The van der Waals surface area contributed by atoms with Gasteiger partial charge in [0.1, 0.15) is 5.75 Å². The van der Waals surface area contributed by atoms with Crippen molar-refractivity contribution in [3.63, 3.8) is 0 Å². The van der Waals surface area contributed by atoms with Crippen molar-refractivity contribution < 1.29 is 17.9 Å². The van der Waals surface area contributed by atoms with Gasteiger partial charge >= 0.3 is 6.18 Å². The summed E-state index contributed by atoms with van der Waals surface area (Å²) in [5, 5.41) is 0. The second-order valence-electron chi connectivity index (χ2n) is 5.03. The molecule has 0 aliphatic rings. The fourth-order valence-corrected chi connectivity index (χ4v) is 1.90. The summed E-state index contributed by atoms with van der Waals surface area (Å²) in [6.07, 6.45) is -3.09. The van der Waals surface area contributed by atoms with E-state index in [9.17, 15) is 13.2 Å². The highest BCUT2D eigenvalue weighted by atomic mass is 35.5. The highest BCUT2D eigenvalue weighted by molar-refractivity contribution is 5.85. The van der Waals surface area contributed by atoms with Crippen molar-refractivity contribution in [3.8, 4) is 5.75 Å². The summed E-state index contributed by atoms with van der Waals surface area (Å²) in [7, 11) is 1.34. The van der Waals surface area contributed by atoms with E-state index in [0.29, 0.717) is 12.3 Å². The van der Waals surface area contributed by atoms with Crippen molar-refractivity contribution in [1.29, 1.82) is 0 Å². The van der Waals surface area contributed by atoms with Gasteiger partial charge in [-0.25, -0.2) is 0 Å². The molecule has 2 nitrogen and oxygen atoms in total. The van der Waals surface area contributed by atoms with Gasteiger partial charge in [0, 0.05) is 6.04 Å². The van der Waals surface area contributed by atoms with Crippen LogP contribution in [0.5, 0.6) is 5.75 Å². The van der Waals surface area contributed by atoms with E-state index in [4.69, 9.17) is 10.5 Å². The first-order valence-electron chi connectivity index (χ1n) is 6.26. The molecular formula is C14H21ClF3NO. The number of methoxy groups -OCH3 is 1.